The molecule has 2 amide bonds. The molecule has 3 unspecified atom stereocenters. The highest BCUT2D eigenvalue weighted by Gasteiger charge is 2.42. The van der Waals surface area contributed by atoms with E-state index in [1.54, 1.807) is 91.0 Å². The fourth-order valence-electron chi connectivity index (χ4n) is 5.30. The van der Waals surface area contributed by atoms with Gasteiger partial charge in [-0.3, -0.25) is 0 Å². The van der Waals surface area contributed by atoms with Gasteiger partial charge in [-0.05, 0) is 47.4 Å². The first-order chi connectivity index (χ1) is 25.1. The van der Waals surface area contributed by atoms with Crippen LogP contribution in [0.2, 0.25) is 0 Å². The normalized spacial score (nSPS) is 13.9. The Morgan fingerprint density at radius 3 is 1.60 bits per heavy atom. The third-order valence-electron chi connectivity index (χ3n) is 8.08. The van der Waals surface area contributed by atoms with E-state index >= 15 is 0 Å². The number of amides is 2. The Kier molecular flexibility index (Phi) is 13.5. The van der Waals surface area contributed by atoms with Crippen LogP contribution in [0.4, 0.5) is 35.9 Å². The number of nitrogens with one attached hydrogen (secondary N) is 2. The lowest BCUT2D eigenvalue weighted by molar-refractivity contribution is -0.144. The Labute approximate surface area is 301 Å². The molecule has 0 saturated carbocycles. The van der Waals surface area contributed by atoms with Crippen LogP contribution in [0.15, 0.2) is 109 Å². The summed E-state index contributed by atoms with van der Waals surface area (Å²) in [7, 11) is 1.06. The Morgan fingerprint density at radius 2 is 1.13 bits per heavy atom. The number of methoxy groups -OCH3 is 1. The second-order valence-corrected chi connectivity index (χ2v) is 11.9. The number of hydrogen-bond acceptors (Lipinski definition) is 7. The molecule has 53 heavy (non-hydrogen) atoms. The molecule has 4 aromatic rings. The van der Waals surface area contributed by atoms with Gasteiger partial charge in [-0.1, -0.05) is 91.0 Å². The summed E-state index contributed by atoms with van der Waals surface area (Å²) in [5, 5.41) is 5.12. The quantitative estimate of drug-likeness (QED) is 0.0757. The van der Waals surface area contributed by atoms with Crippen LogP contribution in [0.25, 0.3) is 0 Å². The summed E-state index contributed by atoms with van der Waals surface area (Å²) in [5.74, 6) is -0.970. The average molecular weight is 747 g/mol. The van der Waals surface area contributed by atoms with Gasteiger partial charge >= 0.3 is 30.5 Å². The Bertz CT molecular complexity index is 1780. The largest absolute Gasteiger partial charge is 0.467 e. The molecule has 0 aliphatic heterocycles. The molecular weight excluding hydrogens is 710 g/mol. The molecular formula is C38H36F6N2O7. The van der Waals surface area contributed by atoms with Crippen LogP contribution in [0, 0.1) is 0 Å². The number of alkyl halides is 6. The minimum Gasteiger partial charge on any atom is -0.467 e. The monoisotopic (exact) mass is 746 g/mol. The van der Waals surface area contributed by atoms with Crippen LogP contribution in [0.5, 0.6) is 0 Å². The molecule has 282 valence electrons. The third-order valence-corrected chi connectivity index (χ3v) is 8.08. The van der Waals surface area contributed by atoms with Crippen LogP contribution in [-0.2, 0) is 54.8 Å². The lowest BCUT2D eigenvalue weighted by Gasteiger charge is -2.38. The van der Waals surface area contributed by atoms with Crippen LogP contribution in [0.1, 0.15) is 52.8 Å². The van der Waals surface area contributed by atoms with E-state index in [0.29, 0.717) is 23.3 Å². The number of carbonyl (C=O) groups is 3. The van der Waals surface area contributed by atoms with Gasteiger partial charge in [0, 0.05) is 6.42 Å². The van der Waals surface area contributed by atoms with Crippen molar-refractivity contribution in [2.24, 2.45) is 0 Å². The van der Waals surface area contributed by atoms with Crippen molar-refractivity contribution >= 4 is 18.2 Å². The van der Waals surface area contributed by atoms with Crippen LogP contribution in [0.3, 0.4) is 0 Å². The molecule has 0 radical (unpaired) electrons. The number of carbonyl (C=O) groups excluding carboxylic acids is 3. The first-order valence-electron chi connectivity index (χ1n) is 16.1. The van der Waals surface area contributed by atoms with E-state index in [1.807, 2.05) is 0 Å². The summed E-state index contributed by atoms with van der Waals surface area (Å²) in [6.07, 6.45) is -14.2. The molecule has 0 spiro atoms. The third kappa shape index (κ3) is 11.7. The van der Waals surface area contributed by atoms with Gasteiger partial charge in [0.15, 0.2) is 0 Å². The van der Waals surface area contributed by atoms with Crippen molar-refractivity contribution in [3.8, 4) is 0 Å². The van der Waals surface area contributed by atoms with Gasteiger partial charge in [-0.25, -0.2) is 14.4 Å². The van der Waals surface area contributed by atoms with Gasteiger partial charge < -0.3 is 29.6 Å². The molecule has 3 atom stereocenters. The zero-order valence-corrected chi connectivity index (χ0v) is 28.5. The van der Waals surface area contributed by atoms with Crippen molar-refractivity contribution in [3.63, 3.8) is 0 Å². The van der Waals surface area contributed by atoms with Crippen molar-refractivity contribution in [1.29, 1.82) is 0 Å². The van der Waals surface area contributed by atoms with Crippen molar-refractivity contribution in [3.05, 3.63) is 143 Å². The predicted octanol–water partition coefficient (Wildman–Crippen LogP) is 8.48. The van der Waals surface area contributed by atoms with E-state index in [1.165, 1.54) is 6.92 Å². The summed E-state index contributed by atoms with van der Waals surface area (Å²) in [4.78, 5) is 39.6. The second kappa shape index (κ2) is 17.8. The molecule has 0 aliphatic carbocycles. The highest BCUT2D eigenvalue weighted by Crippen LogP contribution is 2.39. The lowest BCUT2D eigenvalue weighted by Crippen LogP contribution is -2.55. The Balaban J connectivity index is 1.71. The summed E-state index contributed by atoms with van der Waals surface area (Å²) in [6, 6.07) is 24.7. The number of halogens is 6. The van der Waals surface area contributed by atoms with Crippen molar-refractivity contribution in [2.75, 3.05) is 13.7 Å². The topological polar surface area (TPSA) is 112 Å². The number of benzene rings is 4. The zero-order valence-electron chi connectivity index (χ0n) is 28.5. The smallest absolute Gasteiger partial charge is 0.416 e. The summed E-state index contributed by atoms with van der Waals surface area (Å²) in [5.41, 5.74) is -3.84. The standard InChI is InChI=1S/C38H36F6N2O7/c1-25(28-18-30(37(39,40)41)20-31(19-28)38(42,43)44)53-24-36(29-16-10-5-11-17-29,46-35(49)52-23-27-14-8-4-9-15-27)21-32(33(47)50-2)45-34(48)51-22-26-12-6-3-7-13-26/h3-20,25,32H,21-24H2,1-2H3,(H,45,48)(H,46,49). The van der Waals surface area contributed by atoms with Crippen LogP contribution >= 0.6 is 0 Å². The summed E-state index contributed by atoms with van der Waals surface area (Å²) >= 11 is 0. The molecule has 15 heteroatoms. The van der Waals surface area contributed by atoms with E-state index in [-0.39, 0.29) is 24.8 Å². The first-order valence-corrected chi connectivity index (χ1v) is 16.1. The van der Waals surface area contributed by atoms with Crippen LogP contribution < -0.4 is 10.6 Å². The van der Waals surface area contributed by atoms with Gasteiger partial charge in [0.05, 0.1) is 36.5 Å². The molecule has 2 N–H and O–H groups in total. The molecule has 0 saturated heterocycles. The minimum absolute atomic E-state index is 0.00170. The summed E-state index contributed by atoms with van der Waals surface area (Å²) in [6.45, 7) is 0.232. The fraction of sp³-hybridized carbons (Fsp3) is 0.289. The maximum atomic E-state index is 13.7. The molecule has 0 aromatic heterocycles. The number of esters is 1. The number of alkyl carbamates (subject to hydrolysis) is 2. The minimum atomic E-state index is -5.11. The van der Waals surface area contributed by atoms with Crippen molar-refractivity contribution < 1.29 is 59.7 Å². The first kappa shape index (κ1) is 40.2. The molecule has 0 fully saturated rings. The maximum Gasteiger partial charge on any atom is 0.416 e. The van der Waals surface area contributed by atoms with Crippen molar-refractivity contribution in [2.45, 2.75) is 56.6 Å². The van der Waals surface area contributed by atoms with E-state index in [9.17, 15) is 40.7 Å². The lowest BCUT2D eigenvalue weighted by atomic mass is 9.84. The van der Waals surface area contributed by atoms with Crippen LogP contribution in [-0.4, -0.2) is 37.9 Å². The number of ether oxygens (including phenoxy) is 4. The van der Waals surface area contributed by atoms with Gasteiger partial charge in [0.1, 0.15) is 19.3 Å². The Morgan fingerprint density at radius 1 is 0.660 bits per heavy atom. The second-order valence-electron chi connectivity index (χ2n) is 11.9. The molecule has 9 nitrogen and oxygen atoms in total. The zero-order chi connectivity index (χ0) is 38.6. The molecule has 0 bridgehead atoms. The van der Waals surface area contributed by atoms with Gasteiger partial charge in [0.25, 0.3) is 0 Å². The van der Waals surface area contributed by atoms with Gasteiger partial charge in [-0.2, -0.15) is 26.3 Å². The Hall–Kier alpha value is -5.57. The SMILES string of the molecule is COC(=O)C(CC(COC(C)c1cc(C(F)(F)F)cc(C(F)(F)F)c1)(NC(=O)OCc1ccccc1)c1ccccc1)NC(=O)OCc1ccccc1. The number of hydrogen-bond donors (Lipinski definition) is 2. The van der Waals surface area contributed by atoms with E-state index in [2.05, 4.69) is 10.6 Å². The number of rotatable bonds is 14. The molecule has 0 heterocycles. The van der Waals surface area contributed by atoms with Gasteiger partial charge in [0.2, 0.25) is 0 Å². The fourth-order valence-corrected chi connectivity index (χ4v) is 5.30. The molecule has 0 aliphatic rings. The highest BCUT2D eigenvalue weighted by molar-refractivity contribution is 5.81. The van der Waals surface area contributed by atoms with Gasteiger partial charge in [-0.15, -0.1) is 0 Å². The van der Waals surface area contributed by atoms with E-state index in [4.69, 9.17) is 18.9 Å². The predicted molar refractivity (Wildman–Crippen MR) is 179 cm³/mol. The summed E-state index contributed by atoms with van der Waals surface area (Å²) < 4.78 is 104. The molecule has 4 rings (SSSR count). The van der Waals surface area contributed by atoms with E-state index < -0.39 is 77.9 Å². The van der Waals surface area contributed by atoms with E-state index in [0.717, 1.165) is 7.11 Å². The van der Waals surface area contributed by atoms with Crippen molar-refractivity contribution in [1.82, 2.24) is 10.6 Å². The highest BCUT2D eigenvalue weighted by atomic mass is 19.4. The maximum absolute atomic E-state index is 13.7. The average Bonchev–Trinajstić information content (AvgIpc) is 3.14. The molecule has 4 aromatic carbocycles.